The van der Waals surface area contributed by atoms with E-state index in [4.69, 9.17) is 4.74 Å². The molecule has 0 bridgehead atoms. The highest BCUT2D eigenvalue weighted by atomic mass is 32.1. The van der Waals surface area contributed by atoms with Gasteiger partial charge in [-0.1, -0.05) is 41.7 Å². The minimum Gasteiger partial charge on any atom is -0.447 e. The molecule has 1 aromatic heterocycles. The summed E-state index contributed by atoms with van der Waals surface area (Å²) in [5, 5.41) is 11.7. The lowest BCUT2D eigenvalue weighted by atomic mass is 10.2. The zero-order valence-electron chi connectivity index (χ0n) is 10.1. The van der Waals surface area contributed by atoms with E-state index in [1.54, 1.807) is 13.8 Å². The SMILES string of the molecule is CC(C)OC(=O)Nc1nnc(-c2ccccc2)s1. The minimum atomic E-state index is -0.513. The summed E-state index contributed by atoms with van der Waals surface area (Å²) in [6.45, 7) is 3.57. The maximum Gasteiger partial charge on any atom is 0.413 e. The molecule has 6 heteroatoms. The van der Waals surface area contributed by atoms with Crippen LogP contribution >= 0.6 is 11.3 Å². The fourth-order valence-electron chi connectivity index (χ4n) is 1.30. The average molecular weight is 263 g/mol. The van der Waals surface area contributed by atoms with Gasteiger partial charge in [0.25, 0.3) is 0 Å². The molecule has 0 atom stereocenters. The first kappa shape index (κ1) is 12.5. The van der Waals surface area contributed by atoms with Gasteiger partial charge in [-0.15, -0.1) is 10.2 Å². The van der Waals surface area contributed by atoms with Crippen LogP contribution in [0, 0.1) is 0 Å². The quantitative estimate of drug-likeness (QED) is 0.923. The smallest absolute Gasteiger partial charge is 0.413 e. The molecule has 2 rings (SSSR count). The lowest BCUT2D eigenvalue weighted by Gasteiger charge is -2.06. The molecule has 1 N–H and O–H groups in total. The minimum absolute atomic E-state index is 0.161. The van der Waals surface area contributed by atoms with E-state index in [0.717, 1.165) is 10.6 Å². The van der Waals surface area contributed by atoms with E-state index < -0.39 is 6.09 Å². The van der Waals surface area contributed by atoms with Crippen molar-refractivity contribution in [2.75, 3.05) is 5.32 Å². The molecule has 0 aliphatic carbocycles. The largest absolute Gasteiger partial charge is 0.447 e. The first-order chi connectivity index (χ1) is 8.65. The molecule has 0 aliphatic heterocycles. The lowest BCUT2D eigenvalue weighted by molar-refractivity contribution is 0.130. The van der Waals surface area contributed by atoms with E-state index in [9.17, 15) is 4.79 Å². The van der Waals surface area contributed by atoms with Crippen LogP contribution in [-0.4, -0.2) is 22.4 Å². The van der Waals surface area contributed by atoms with Gasteiger partial charge in [-0.25, -0.2) is 4.79 Å². The molecular formula is C12H13N3O2S. The van der Waals surface area contributed by atoms with Crippen molar-refractivity contribution in [3.8, 4) is 10.6 Å². The van der Waals surface area contributed by atoms with Crippen molar-refractivity contribution < 1.29 is 9.53 Å². The Morgan fingerprint density at radius 3 is 2.67 bits per heavy atom. The molecule has 1 heterocycles. The number of carbonyl (C=O) groups excluding carboxylic acids is 1. The molecule has 1 amide bonds. The second-order valence-electron chi connectivity index (χ2n) is 3.86. The van der Waals surface area contributed by atoms with Gasteiger partial charge in [0, 0.05) is 5.56 Å². The van der Waals surface area contributed by atoms with Crippen LogP contribution in [0.15, 0.2) is 30.3 Å². The third-order valence-electron chi connectivity index (χ3n) is 2.00. The Morgan fingerprint density at radius 2 is 2.00 bits per heavy atom. The van der Waals surface area contributed by atoms with Crippen LogP contribution in [0.5, 0.6) is 0 Å². The first-order valence-electron chi connectivity index (χ1n) is 5.51. The maximum atomic E-state index is 11.4. The van der Waals surface area contributed by atoms with Crippen LogP contribution in [0.1, 0.15) is 13.8 Å². The summed E-state index contributed by atoms with van der Waals surface area (Å²) in [5.74, 6) is 0. The van der Waals surface area contributed by atoms with Crippen molar-refractivity contribution in [3.05, 3.63) is 30.3 Å². The molecule has 0 spiro atoms. The van der Waals surface area contributed by atoms with Gasteiger partial charge in [-0.3, -0.25) is 5.32 Å². The van der Waals surface area contributed by atoms with Gasteiger partial charge < -0.3 is 4.74 Å². The summed E-state index contributed by atoms with van der Waals surface area (Å²) >= 11 is 1.31. The van der Waals surface area contributed by atoms with E-state index in [0.29, 0.717) is 5.13 Å². The first-order valence-corrected chi connectivity index (χ1v) is 6.33. The summed E-state index contributed by atoms with van der Waals surface area (Å²) in [6.07, 6.45) is -0.674. The highest BCUT2D eigenvalue weighted by Gasteiger charge is 2.10. The fraction of sp³-hybridized carbons (Fsp3) is 0.250. The Hall–Kier alpha value is -1.95. The Labute approximate surface area is 109 Å². The Morgan fingerprint density at radius 1 is 1.28 bits per heavy atom. The Bertz CT molecular complexity index is 525. The Kier molecular flexibility index (Phi) is 3.88. The standard InChI is InChI=1S/C12H13N3O2S/c1-8(2)17-12(16)13-11-15-14-10(18-11)9-6-4-3-5-7-9/h3-8H,1-2H3,(H,13,15,16). The molecule has 2 aromatic rings. The van der Waals surface area contributed by atoms with Gasteiger partial charge in [-0.05, 0) is 13.8 Å². The normalized spacial score (nSPS) is 10.4. The highest BCUT2D eigenvalue weighted by Crippen LogP contribution is 2.25. The number of nitrogens with one attached hydrogen (secondary N) is 1. The molecule has 0 fully saturated rings. The van der Waals surface area contributed by atoms with Crippen LogP contribution in [0.3, 0.4) is 0 Å². The van der Waals surface area contributed by atoms with E-state index in [-0.39, 0.29) is 6.10 Å². The number of anilines is 1. The predicted molar refractivity (Wildman–Crippen MR) is 70.6 cm³/mol. The van der Waals surface area contributed by atoms with Crippen molar-refractivity contribution in [3.63, 3.8) is 0 Å². The van der Waals surface area contributed by atoms with E-state index in [1.807, 2.05) is 30.3 Å². The van der Waals surface area contributed by atoms with Gasteiger partial charge in [-0.2, -0.15) is 0 Å². The Balaban J connectivity index is 2.05. The highest BCUT2D eigenvalue weighted by molar-refractivity contribution is 7.18. The monoisotopic (exact) mass is 263 g/mol. The van der Waals surface area contributed by atoms with Crippen LogP contribution in [0.25, 0.3) is 10.6 Å². The van der Waals surface area contributed by atoms with Crippen LogP contribution < -0.4 is 5.32 Å². The summed E-state index contributed by atoms with van der Waals surface area (Å²) in [5.41, 5.74) is 0.972. The summed E-state index contributed by atoms with van der Waals surface area (Å²) in [7, 11) is 0. The summed E-state index contributed by atoms with van der Waals surface area (Å²) in [6, 6.07) is 9.67. The van der Waals surface area contributed by atoms with E-state index in [2.05, 4.69) is 15.5 Å². The second-order valence-corrected chi connectivity index (χ2v) is 4.83. The topological polar surface area (TPSA) is 64.1 Å². The zero-order valence-corrected chi connectivity index (χ0v) is 10.9. The van der Waals surface area contributed by atoms with Crippen molar-refractivity contribution in [2.45, 2.75) is 20.0 Å². The molecule has 5 nitrogen and oxygen atoms in total. The molecule has 94 valence electrons. The zero-order chi connectivity index (χ0) is 13.0. The molecule has 0 unspecified atom stereocenters. The van der Waals surface area contributed by atoms with Crippen molar-refractivity contribution in [1.29, 1.82) is 0 Å². The predicted octanol–water partition coefficient (Wildman–Crippen LogP) is 3.16. The molecule has 0 radical (unpaired) electrons. The number of hydrogen-bond acceptors (Lipinski definition) is 5. The third kappa shape index (κ3) is 3.27. The molecular weight excluding hydrogens is 250 g/mol. The molecule has 0 saturated carbocycles. The number of hydrogen-bond donors (Lipinski definition) is 1. The number of rotatable bonds is 3. The number of nitrogens with zero attached hydrogens (tertiary/aromatic N) is 2. The van der Waals surface area contributed by atoms with E-state index >= 15 is 0 Å². The van der Waals surface area contributed by atoms with Gasteiger partial charge in [0.05, 0.1) is 6.10 Å². The van der Waals surface area contributed by atoms with E-state index in [1.165, 1.54) is 11.3 Å². The molecule has 18 heavy (non-hydrogen) atoms. The van der Waals surface area contributed by atoms with Crippen LogP contribution in [-0.2, 0) is 4.74 Å². The van der Waals surface area contributed by atoms with Crippen molar-refractivity contribution in [2.24, 2.45) is 0 Å². The number of benzene rings is 1. The molecule has 1 aromatic carbocycles. The third-order valence-corrected chi connectivity index (χ3v) is 2.89. The summed E-state index contributed by atoms with van der Waals surface area (Å²) in [4.78, 5) is 11.4. The number of carbonyl (C=O) groups is 1. The fourth-order valence-corrected chi connectivity index (χ4v) is 2.04. The van der Waals surface area contributed by atoms with Gasteiger partial charge in [0.15, 0.2) is 0 Å². The second kappa shape index (κ2) is 5.59. The lowest BCUT2D eigenvalue weighted by Crippen LogP contribution is -2.17. The molecule has 0 saturated heterocycles. The van der Waals surface area contributed by atoms with Crippen molar-refractivity contribution >= 4 is 22.6 Å². The van der Waals surface area contributed by atoms with Gasteiger partial charge in [0.1, 0.15) is 5.01 Å². The molecule has 0 aliphatic rings. The maximum absolute atomic E-state index is 11.4. The number of aromatic nitrogens is 2. The number of amides is 1. The van der Waals surface area contributed by atoms with Crippen LogP contribution in [0.4, 0.5) is 9.93 Å². The van der Waals surface area contributed by atoms with Crippen LogP contribution in [0.2, 0.25) is 0 Å². The van der Waals surface area contributed by atoms with Gasteiger partial charge >= 0.3 is 6.09 Å². The van der Waals surface area contributed by atoms with Crippen molar-refractivity contribution in [1.82, 2.24) is 10.2 Å². The number of ether oxygens (including phenoxy) is 1. The van der Waals surface area contributed by atoms with Gasteiger partial charge in [0.2, 0.25) is 5.13 Å². The average Bonchev–Trinajstić information content (AvgIpc) is 2.77. The summed E-state index contributed by atoms with van der Waals surface area (Å²) < 4.78 is 4.96.